The van der Waals surface area contributed by atoms with Crippen LogP contribution in [0.5, 0.6) is 0 Å². The Morgan fingerprint density at radius 2 is 1.89 bits per heavy atom. The van der Waals surface area contributed by atoms with Crippen LogP contribution in [0.2, 0.25) is 0 Å². The first-order chi connectivity index (χ1) is 12.5. The second-order valence-corrected chi connectivity index (χ2v) is 10.9. The molecular weight excluding hydrogens is 364 g/mol. The molecule has 0 aromatic carbocycles. The van der Waals surface area contributed by atoms with Gasteiger partial charge in [-0.15, -0.1) is 0 Å². The van der Waals surface area contributed by atoms with E-state index in [1.807, 2.05) is 0 Å². The number of carbonyl (C=O) groups is 1. The normalized spacial score (nSPS) is 46.8. The molecule has 0 saturated heterocycles. The molecule has 0 heterocycles. The second-order valence-electron chi connectivity index (χ2n) is 9.91. The Morgan fingerprint density at radius 1 is 1.15 bits per heavy atom. The molecule has 0 aliphatic heterocycles. The van der Waals surface area contributed by atoms with Crippen LogP contribution in [0, 0.1) is 34.5 Å². The zero-order chi connectivity index (χ0) is 19.6. The Bertz CT molecular complexity index is 771. The van der Waals surface area contributed by atoms with Gasteiger partial charge in [0, 0.05) is 5.92 Å². The van der Waals surface area contributed by atoms with Crippen LogP contribution in [0.4, 0.5) is 0 Å². The lowest BCUT2D eigenvalue weighted by atomic mass is 9.47. The number of hydrogen-bond acceptors (Lipinski definition) is 5. The number of carbonyl (C=O) groups excluding carboxylic acids is 1. The Labute approximate surface area is 162 Å². The van der Waals surface area contributed by atoms with Crippen molar-refractivity contribution in [1.29, 1.82) is 0 Å². The number of ketones is 1. The molecular formula is C21H31O5S-. The van der Waals surface area contributed by atoms with E-state index in [0.29, 0.717) is 36.4 Å². The first-order valence-electron chi connectivity index (χ1n) is 10.4. The summed E-state index contributed by atoms with van der Waals surface area (Å²) in [5, 5.41) is 0. The van der Waals surface area contributed by atoms with E-state index in [1.54, 1.807) is 6.92 Å². The van der Waals surface area contributed by atoms with Crippen LogP contribution in [0.1, 0.15) is 72.1 Å². The van der Waals surface area contributed by atoms with Crippen LogP contribution in [0.15, 0.2) is 11.6 Å². The number of fused-ring (bicyclic) bond motifs is 5. The average molecular weight is 396 g/mol. The highest BCUT2D eigenvalue weighted by Crippen LogP contribution is 2.66. The molecule has 27 heavy (non-hydrogen) atoms. The molecule has 7 atom stereocenters. The fourth-order valence-corrected chi connectivity index (χ4v) is 8.04. The van der Waals surface area contributed by atoms with Crippen molar-refractivity contribution in [3.63, 3.8) is 0 Å². The molecule has 3 saturated carbocycles. The van der Waals surface area contributed by atoms with Crippen molar-refractivity contribution in [3.05, 3.63) is 11.6 Å². The summed E-state index contributed by atoms with van der Waals surface area (Å²) in [5.41, 5.74) is 1.50. The second kappa shape index (κ2) is 6.39. The fourth-order valence-electron chi connectivity index (χ4n) is 7.54. The first kappa shape index (κ1) is 19.6. The van der Waals surface area contributed by atoms with Gasteiger partial charge >= 0.3 is 0 Å². The molecule has 6 heteroatoms. The first-order valence-corrected chi connectivity index (χ1v) is 11.7. The van der Waals surface area contributed by atoms with Gasteiger partial charge in [-0.25, -0.2) is 8.42 Å². The van der Waals surface area contributed by atoms with Crippen molar-refractivity contribution in [1.82, 2.24) is 0 Å². The van der Waals surface area contributed by atoms with Crippen molar-refractivity contribution in [2.24, 2.45) is 34.5 Å². The third-order valence-electron chi connectivity index (χ3n) is 8.80. The van der Waals surface area contributed by atoms with Gasteiger partial charge in [0.05, 0.1) is 6.10 Å². The quantitative estimate of drug-likeness (QED) is 0.410. The zero-order valence-corrected chi connectivity index (χ0v) is 17.4. The summed E-state index contributed by atoms with van der Waals surface area (Å²) in [6, 6.07) is 0. The maximum absolute atomic E-state index is 12.2. The van der Waals surface area contributed by atoms with Crippen molar-refractivity contribution in [3.8, 4) is 0 Å². The fraction of sp³-hybridized carbons (Fsp3) is 0.857. The van der Waals surface area contributed by atoms with Crippen molar-refractivity contribution < 1.29 is 21.9 Å². The third-order valence-corrected chi connectivity index (χ3v) is 9.31. The molecule has 152 valence electrons. The Morgan fingerprint density at radius 3 is 2.56 bits per heavy atom. The highest BCUT2D eigenvalue weighted by Gasteiger charge is 2.59. The summed E-state index contributed by atoms with van der Waals surface area (Å²) in [6.45, 7) is 6.44. The van der Waals surface area contributed by atoms with Gasteiger partial charge < -0.3 is 4.55 Å². The number of allylic oxidation sites excluding steroid dienone is 1. The largest absolute Gasteiger partial charge is 0.726 e. The smallest absolute Gasteiger partial charge is 0.217 e. The van der Waals surface area contributed by atoms with Gasteiger partial charge in [0.25, 0.3) is 0 Å². The van der Waals surface area contributed by atoms with Gasteiger partial charge in [-0.3, -0.25) is 8.98 Å². The van der Waals surface area contributed by atoms with E-state index >= 15 is 0 Å². The number of Topliss-reactive ketones (excluding diaryl/α,β-unsaturated/α-hetero) is 1. The van der Waals surface area contributed by atoms with Crippen molar-refractivity contribution in [2.75, 3.05) is 0 Å². The van der Waals surface area contributed by atoms with Crippen molar-refractivity contribution >= 4 is 16.2 Å². The molecule has 0 N–H and O–H groups in total. The summed E-state index contributed by atoms with van der Waals surface area (Å²) >= 11 is 0. The highest BCUT2D eigenvalue weighted by molar-refractivity contribution is 7.80. The molecule has 3 fully saturated rings. The van der Waals surface area contributed by atoms with E-state index in [0.717, 1.165) is 38.5 Å². The Balaban J connectivity index is 1.58. The summed E-state index contributed by atoms with van der Waals surface area (Å²) < 4.78 is 37.7. The maximum Gasteiger partial charge on any atom is 0.217 e. The van der Waals surface area contributed by atoms with Crippen LogP contribution in [-0.2, 0) is 19.4 Å². The van der Waals surface area contributed by atoms with Gasteiger partial charge in [0.2, 0.25) is 10.4 Å². The van der Waals surface area contributed by atoms with Gasteiger partial charge in [-0.05, 0) is 86.9 Å². The lowest BCUT2D eigenvalue weighted by Gasteiger charge is -2.58. The number of rotatable bonds is 3. The predicted molar refractivity (Wildman–Crippen MR) is 100 cm³/mol. The molecule has 0 bridgehead atoms. The Kier molecular flexibility index (Phi) is 4.64. The molecule has 3 unspecified atom stereocenters. The molecule has 0 spiro atoms. The summed E-state index contributed by atoms with van der Waals surface area (Å²) in [7, 11) is -4.65. The summed E-state index contributed by atoms with van der Waals surface area (Å²) in [4.78, 5) is 12.2. The van der Waals surface area contributed by atoms with Gasteiger partial charge in [-0.2, -0.15) is 0 Å². The van der Waals surface area contributed by atoms with Crippen LogP contribution >= 0.6 is 0 Å². The summed E-state index contributed by atoms with van der Waals surface area (Å²) in [6.07, 6.45) is 9.30. The maximum atomic E-state index is 12.2. The molecule has 4 aliphatic rings. The number of hydrogen-bond donors (Lipinski definition) is 0. The van der Waals surface area contributed by atoms with E-state index in [4.69, 9.17) is 4.18 Å². The van der Waals surface area contributed by atoms with E-state index < -0.39 is 16.5 Å². The predicted octanol–water partition coefficient (Wildman–Crippen LogP) is 4.00. The van der Waals surface area contributed by atoms with Gasteiger partial charge in [0.1, 0.15) is 5.78 Å². The van der Waals surface area contributed by atoms with Gasteiger partial charge in [0.15, 0.2) is 0 Å². The minimum Gasteiger partial charge on any atom is -0.726 e. The minimum absolute atomic E-state index is 0.0745. The Hall–Kier alpha value is -0.720. The SMILES string of the molecule is CC(=O)[C@H]1CCC2C3CC=C4C[C@@H](OS(=O)(=O)[O-])CC[C@]4(C)C3CC[C@@]21C. The molecule has 0 aromatic rings. The van der Waals surface area contributed by atoms with Gasteiger partial charge in [-0.1, -0.05) is 25.5 Å². The monoisotopic (exact) mass is 395 g/mol. The third kappa shape index (κ3) is 3.12. The molecule has 5 nitrogen and oxygen atoms in total. The lowest BCUT2D eigenvalue weighted by Crippen LogP contribution is -2.51. The molecule has 0 aromatic heterocycles. The minimum atomic E-state index is -4.65. The highest BCUT2D eigenvalue weighted by atomic mass is 32.3. The zero-order valence-electron chi connectivity index (χ0n) is 16.6. The van der Waals surface area contributed by atoms with Crippen LogP contribution in [0.3, 0.4) is 0 Å². The van der Waals surface area contributed by atoms with E-state index in [2.05, 4.69) is 19.9 Å². The molecule has 4 aliphatic carbocycles. The van der Waals surface area contributed by atoms with Crippen LogP contribution < -0.4 is 0 Å². The van der Waals surface area contributed by atoms with E-state index in [-0.39, 0.29) is 16.7 Å². The van der Waals surface area contributed by atoms with E-state index in [9.17, 15) is 17.8 Å². The van der Waals surface area contributed by atoms with Crippen molar-refractivity contribution in [2.45, 2.75) is 78.2 Å². The van der Waals surface area contributed by atoms with E-state index in [1.165, 1.54) is 5.57 Å². The molecule has 4 rings (SSSR count). The molecule has 0 amide bonds. The standard InChI is InChI=1S/C21H32O5S/c1-13(22)17-6-7-18-16-5-4-14-12-15(26-27(23,24)25)8-10-20(14,2)19(16)9-11-21(17,18)3/h4,15-19H,5-12H2,1-3H3,(H,23,24,25)/p-1/t15-,16?,17+,18?,19?,20-,21+/m0/s1. The summed E-state index contributed by atoms with van der Waals surface area (Å²) in [5.74, 6) is 2.38. The topological polar surface area (TPSA) is 83.5 Å². The lowest BCUT2D eigenvalue weighted by molar-refractivity contribution is -0.127. The van der Waals surface area contributed by atoms with Crippen LogP contribution in [-0.4, -0.2) is 24.9 Å². The molecule has 0 radical (unpaired) electrons. The average Bonchev–Trinajstić information content (AvgIpc) is 2.91. The van der Waals surface area contributed by atoms with Crippen LogP contribution in [0.25, 0.3) is 0 Å².